The number of hydrogen-bond donors (Lipinski definition) is 2. The van der Waals surface area contributed by atoms with E-state index < -0.39 is 18.8 Å². The maximum atomic E-state index is 12.2. The maximum absolute atomic E-state index is 12.2. The van der Waals surface area contributed by atoms with Gasteiger partial charge < -0.3 is 15.3 Å². The van der Waals surface area contributed by atoms with Crippen LogP contribution in [0.25, 0.3) is 0 Å². The second-order valence-electron chi connectivity index (χ2n) is 5.19. The van der Waals surface area contributed by atoms with Crippen molar-refractivity contribution in [2.45, 2.75) is 45.0 Å². The summed E-state index contributed by atoms with van der Waals surface area (Å²) in [6, 6.07) is -0.188. The molecule has 1 fully saturated rings. The average Bonchev–Trinajstić information content (AvgIpc) is 2.25. The Morgan fingerprint density at radius 3 is 2.56 bits per heavy atom. The van der Waals surface area contributed by atoms with E-state index in [2.05, 4.69) is 10.2 Å². The van der Waals surface area contributed by atoms with E-state index in [0.29, 0.717) is 13.0 Å². The van der Waals surface area contributed by atoms with Crippen LogP contribution in [0.4, 0.5) is 13.2 Å². The Bertz CT molecular complexity index is 246. The molecule has 0 aliphatic carbocycles. The molecule has 18 heavy (non-hydrogen) atoms. The molecule has 1 aliphatic heterocycles. The first-order valence-electron chi connectivity index (χ1n) is 6.52. The topological polar surface area (TPSA) is 35.5 Å². The summed E-state index contributed by atoms with van der Waals surface area (Å²) in [7, 11) is 0. The maximum Gasteiger partial charge on any atom is 0.401 e. The molecular weight excluding hydrogens is 245 g/mol. The van der Waals surface area contributed by atoms with Gasteiger partial charge in [0, 0.05) is 19.1 Å². The minimum absolute atomic E-state index is 0.0519. The number of alkyl halides is 3. The lowest BCUT2D eigenvalue weighted by molar-refractivity contribution is -0.127. The lowest BCUT2D eigenvalue weighted by atomic mass is 9.90. The van der Waals surface area contributed by atoms with Gasteiger partial charge in [-0.05, 0) is 32.2 Å². The minimum Gasteiger partial charge on any atom is -0.393 e. The van der Waals surface area contributed by atoms with Crippen LogP contribution >= 0.6 is 0 Å². The SMILES string of the molecule is CCCN1CC(NCC(F)(F)F)CC(C(C)O)C1. The summed E-state index contributed by atoms with van der Waals surface area (Å²) in [6.07, 6.45) is -3.07. The number of piperidine rings is 1. The summed E-state index contributed by atoms with van der Waals surface area (Å²) < 4.78 is 36.6. The van der Waals surface area contributed by atoms with Crippen LogP contribution in [0.15, 0.2) is 0 Å². The van der Waals surface area contributed by atoms with Crippen molar-refractivity contribution in [3.63, 3.8) is 0 Å². The van der Waals surface area contributed by atoms with Gasteiger partial charge in [0.15, 0.2) is 0 Å². The van der Waals surface area contributed by atoms with Crippen molar-refractivity contribution in [2.75, 3.05) is 26.2 Å². The molecule has 0 aromatic carbocycles. The molecule has 2 N–H and O–H groups in total. The number of aliphatic hydroxyl groups is 1. The van der Waals surface area contributed by atoms with Crippen molar-refractivity contribution >= 4 is 0 Å². The normalized spacial score (nSPS) is 28.3. The van der Waals surface area contributed by atoms with Gasteiger partial charge in [0.25, 0.3) is 0 Å². The van der Waals surface area contributed by atoms with Gasteiger partial charge in [-0.25, -0.2) is 0 Å². The zero-order valence-electron chi connectivity index (χ0n) is 11.0. The van der Waals surface area contributed by atoms with E-state index in [1.807, 2.05) is 6.92 Å². The van der Waals surface area contributed by atoms with E-state index >= 15 is 0 Å². The van der Waals surface area contributed by atoms with Crippen LogP contribution in [-0.4, -0.2) is 54.5 Å². The van der Waals surface area contributed by atoms with Crippen LogP contribution in [0.1, 0.15) is 26.7 Å². The van der Waals surface area contributed by atoms with Gasteiger partial charge in [0.1, 0.15) is 0 Å². The molecule has 1 heterocycles. The monoisotopic (exact) mass is 268 g/mol. The largest absolute Gasteiger partial charge is 0.401 e. The highest BCUT2D eigenvalue weighted by Gasteiger charge is 2.33. The van der Waals surface area contributed by atoms with Gasteiger partial charge in [-0.3, -0.25) is 0 Å². The number of aliphatic hydroxyl groups excluding tert-OH is 1. The van der Waals surface area contributed by atoms with Crippen molar-refractivity contribution in [1.82, 2.24) is 10.2 Å². The molecule has 0 aromatic rings. The average molecular weight is 268 g/mol. The van der Waals surface area contributed by atoms with Crippen LogP contribution in [0.3, 0.4) is 0 Å². The molecule has 6 heteroatoms. The first-order chi connectivity index (χ1) is 8.31. The summed E-state index contributed by atoms with van der Waals surface area (Å²) in [4.78, 5) is 2.13. The molecule has 0 radical (unpaired) electrons. The van der Waals surface area contributed by atoms with E-state index in [1.54, 1.807) is 6.92 Å². The summed E-state index contributed by atoms with van der Waals surface area (Å²) in [6.45, 7) is 5.07. The minimum atomic E-state index is -4.17. The highest BCUT2D eigenvalue weighted by Crippen LogP contribution is 2.21. The molecule has 0 bridgehead atoms. The number of halogens is 3. The van der Waals surface area contributed by atoms with Crippen molar-refractivity contribution in [2.24, 2.45) is 5.92 Å². The van der Waals surface area contributed by atoms with Crippen molar-refractivity contribution in [3.05, 3.63) is 0 Å². The predicted octanol–water partition coefficient (Wildman–Crippen LogP) is 1.62. The third kappa shape index (κ3) is 5.54. The van der Waals surface area contributed by atoms with Gasteiger partial charge >= 0.3 is 6.18 Å². The molecule has 3 atom stereocenters. The third-order valence-electron chi connectivity index (χ3n) is 3.37. The Morgan fingerprint density at radius 2 is 2.06 bits per heavy atom. The van der Waals surface area contributed by atoms with Gasteiger partial charge in [-0.1, -0.05) is 6.92 Å². The molecule has 1 rings (SSSR count). The second-order valence-corrected chi connectivity index (χ2v) is 5.19. The molecule has 0 spiro atoms. The Hall–Kier alpha value is -0.330. The zero-order chi connectivity index (χ0) is 13.8. The van der Waals surface area contributed by atoms with Crippen molar-refractivity contribution in [3.8, 4) is 0 Å². The van der Waals surface area contributed by atoms with Crippen LogP contribution in [0.5, 0.6) is 0 Å². The Balaban J connectivity index is 2.50. The standard InChI is InChI=1S/C12H23F3N2O/c1-3-4-17-6-10(9(2)18)5-11(7-17)16-8-12(13,14)15/h9-11,16,18H,3-8H2,1-2H3. The van der Waals surface area contributed by atoms with Gasteiger partial charge in [0.2, 0.25) is 0 Å². The first-order valence-corrected chi connectivity index (χ1v) is 6.52. The molecule has 0 aromatic heterocycles. The van der Waals surface area contributed by atoms with Crippen LogP contribution in [0.2, 0.25) is 0 Å². The first kappa shape index (κ1) is 15.7. The fraction of sp³-hybridized carbons (Fsp3) is 1.00. The van der Waals surface area contributed by atoms with Gasteiger partial charge in [0.05, 0.1) is 12.6 Å². The number of nitrogens with zero attached hydrogens (tertiary/aromatic N) is 1. The molecule has 0 amide bonds. The number of nitrogens with one attached hydrogen (secondary N) is 1. The zero-order valence-corrected chi connectivity index (χ0v) is 11.0. The number of rotatable bonds is 5. The van der Waals surface area contributed by atoms with Crippen LogP contribution in [0, 0.1) is 5.92 Å². The number of likely N-dealkylation sites (tertiary alicyclic amines) is 1. The van der Waals surface area contributed by atoms with Gasteiger partial charge in [-0.2, -0.15) is 13.2 Å². The van der Waals surface area contributed by atoms with E-state index in [9.17, 15) is 18.3 Å². The fourth-order valence-electron chi connectivity index (χ4n) is 2.49. The fourth-order valence-corrected chi connectivity index (χ4v) is 2.49. The predicted molar refractivity (Wildman–Crippen MR) is 64.4 cm³/mol. The number of hydrogen-bond acceptors (Lipinski definition) is 3. The lowest BCUT2D eigenvalue weighted by Gasteiger charge is -2.39. The smallest absolute Gasteiger partial charge is 0.393 e. The van der Waals surface area contributed by atoms with Crippen molar-refractivity contribution < 1.29 is 18.3 Å². The van der Waals surface area contributed by atoms with Crippen molar-refractivity contribution in [1.29, 1.82) is 0 Å². The summed E-state index contributed by atoms with van der Waals surface area (Å²) >= 11 is 0. The highest BCUT2D eigenvalue weighted by atomic mass is 19.4. The van der Waals surface area contributed by atoms with E-state index in [4.69, 9.17) is 0 Å². The molecular formula is C12H23F3N2O. The second kappa shape index (κ2) is 6.73. The van der Waals surface area contributed by atoms with Gasteiger partial charge in [-0.15, -0.1) is 0 Å². The molecule has 3 unspecified atom stereocenters. The Morgan fingerprint density at radius 1 is 1.39 bits per heavy atom. The summed E-state index contributed by atoms with van der Waals surface area (Å²) in [5.74, 6) is 0.0519. The third-order valence-corrected chi connectivity index (χ3v) is 3.37. The molecule has 1 aliphatic rings. The van der Waals surface area contributed by atoms with E-state index in [1.165, 1.54) is 0 Å². The Labute approximate surface area is 106 Å². The summed E-state index contributed by atoms with van der Waals surface area (Å²) in [5, 5.41) is 12.2. The van der Waals surface area contributed by atoms with E-state index in [0.717, 1.165) is 19.5 Å². The lowest BCUT2D eigenvalue weighted by Crippen LogP contribution is -2.52. The quantitative estimate of drug-likeness (QED) is 0.795. The van der Waals surface area contributed by atoms with E-state index in [-0.39, 0.29) is 12.0 Å². The van der Waals surface area contributed by atoms with Crippen LogP contribution in [-0.2, 0) is 0 Å². The molecule has 1 saturated heterocycles. The summed E-state index contributed by atoms with van der Waals surface area (Å²) in [5.41, 5.74) is 0. The van der Waals surface area contributed by atoms with Crippen LogP contribution < -0.4 is 5.32 Å². The highest BCUT2D eigenvalue weighted by molar-refractivity contribution is 4.86. The molecule has 0 saturated carbocycles. The molecule has 108 valence electrons. The molecule has 3 nitrogen and oxygen atoms in total. The Kier molecular flexibility index (Phi) is 5.88.